The molecule has 0 radical (unpaired) electrons. The van der Waals surface area contributed by atoms with Crippen molar-refractivity contribution in [3.63, 3.8) is 0 Å². The molecular formula is C26H40N4PSi+. The summed E-state index contributed by atoms with van der Waals surface area (Å²) in [5.74, 6) is 0. The van der Waals surface area contributed by atoms with E-state index in [0.717, 1.165) is 5.08 Å². The second-order valence-electron chi connectivity index (χ2n) is 11.8. The van der Waals surface area contributed by atoms with Crippen molar-refractivity contribution in [2.45, 2.75) is 84.3 Å². The van der Waals surface area contributed by atoms with Crippen LogP contribution in [0, 0.1) is 0 Å². The van der Waals surface area contributed by atoms with E-state index in [0.29, 0.717) is 0 Å². The van der Waals surface area contributed by atoms with Crippen molar-refractivity contribution in [1.82, 2.24) is 9.34 Å². The lowest BCUT2D eigenvalue weighted by atomic mass is 9.89. The Labute approximate surface area is 197 Å². The Morgan fingerprint density at radius 2 is 1.09 bits per heavy atom. The summed E-state index contributed by atoms with van der Waals surface area (Å²) in [4.78, 5) is 4.07. The highest BCUT2D eigenvalue weighted by Crippen LogP contribution is 2.69. The summed E-state index contributed by atoms with van der Waals surface area (Å²) in [5.41, 5.74) is 12.8. The van der Waals surface area contributed by atoms with Crippen LogP contribution in [0.2, 0.25) is 19.6 Å². The zero-order valence-electron chi connectivity index (χ0n) is 21.2. The molecule has 6 heteroatoms. The van der Waals surface area contributed by atoms with E-state index >= 15 is 0 Å². The van der Waals surface area contributed by atoms with Gasteiger partial charge in [0.05, 0.1) is 12.1 Å². The minimum absolute atomic E-state index is 0.0998. The van der Waals surface area contributed by atoms with Gasteiger partial charge < -0.3 is 5.53 Å². The molecule has 1 fully saturated rings. The van der Waals surface area contributed by atoms with Crippen LogP contribution in [0.3, 0.4) is 0 Å². The first kappa shape index (κ1) is 25.0. The zero-order chi connectivity index (χ0) is 23.9. The molecule has 32 heavy (non-hydrogen) atoms. The van der Waals surface area contributed by atoms with Gasteiger partial charge in [0.25, 0.3) is 0 Å². The molecule has 1 heterocycles. The Balaban J connectivity index is 2.40. The molecule has 0 aromatic heterocycles. The molecule has 4 nitrogen and oxygen atoms in total. The summed E-state index contributed by atoms with van der Waals surface area (Å²) in [7, 11) is -3.40. The standard InChI is InChI=1S/C26H39N4PSi/c1-25(2,3)29-22(20-16-12-10-13-17-20)23(21-18-14-11-15-19-21)30(26(4,5)6)31(29)24(28-27)32(7,8)9/h10-19,22-23H,1-9H3/p+1/t22-,23-/m0/s1. The first-order valence-corrected chi connectivity index (χ1v) is 16.5. The van der Waals surface area contributed by atoms with Gasteiger partial charge in [0, 0.05) is 11.1 Å². The maximum Gasteiger partial charge on any atom is 0.383 e. The molecule has 0 bridgehead atoms. The Bertz CT molecular complexity index is 903. The van der Waals surface area contributed by atoms with Crippen LogP contribution in [0.4, 0.5) is 0 Å². The largest absolute Gasteiger partial charge is 0.383 e. The van der Waals surface area contributed by atoms with Crippen molar-refractivity contribution in [2.24, 2.45) is 0 Å². The van der Waals surface area contributed by atoms with E-state index in [1.807, 2.05) is 0 Å². The van der Waals surface area contributed by atoms with E-state index < -0.39 is 16.3 Å². The highest BCUT2D eigenvalue weighted by molar-refractivity contribution is 7.79. The Morgan fingerprint density at radius 3 is 1.34 bits per heavy atom. The number of hydrogen-bond donors (Lipinski definition) is 0. The molecule has 3 rings (SSSR count). The minimum Gasteiger partial charge on any atom is -0.358 e. The van der Waals surface area contributed by atoms with Crippen LogP contribution >= 0.6 is 8.22 Å². The topological polar surface area (TPSA) is 42.9 Å². The van der Waals surface area contributed by atoms with E-state index in [2.05, 4.69) is 136 Å². The second kappa shape index (κ2) is 8.97. The van der Waals surface area contributed by atoms with Crippen molar-refractivity contribution in [3.05, 3.63) is 77.3 Å². The fourth-order valence-corrected chi connectivity index (χ4v) is 11.7. The van der Waals surface area contributed by atoms with E-state index in [1.165, 1.54) is 11.1 Å². The van der Waals surface area contributed by atoms with Gasteiger partial charge >= 0.3 is 5.08 Å². The molecule has 0 saturated carbocycles. The van der Waals surface area contributed by atoms with Crippen LogP contribution in [-0.2, 0) is 0 Å². The van der Waals surface area contributed by atoms with Gasteiger partial charge in [-0.05, 0) is 52.7 Å². The van der Waals surface area contributed by atoms with Crippen LogP contribution in [-0.4, -0.2) is 38.4 Å². The Morgan fingerprint density at radius 1 is 0.750 bits per heavy atom. The molecular weight excluding hydrogens is 427 g/mol. The summed E-state index contributed by atoms with van der Waals surface area (Å²) in [5, 5.41) is 1.03. The number of rotatable bonds is 4. The molecule has 0 amide bonds. The van der Waals surface area contributed by atoms with Gasteiger partial charge in [0.15, 0.2) is 0 Å². The van der Waals surface area contributed by atoms with Crippen molar-refractivity contribution in [1.29, 1.82) is 0 Å². The smallest absolute Gasteiger partial charge is 0.358 e. The molecule has 1 aliphatic rings. The number of nitrogens with zero attached hydrogens (tertiary/aromatic N) is 4. The molecule has 2 atom stereocenters. The fraction of sp³-hybridized carbons (Fsp3) is 0.500. The van der Waals surface area contributed by atoms with Crippen LogP contribution in [0.15, 0.2) is 60.7 Å². The maximum atomic E-state index is 10.4. The van der Waals surface area contributed by atoms with Gasteiger partial charge in [-0.2, -0.15) is 0 Å². The Hall–Kier alpha value is -1.61. The molecule has 1 aliphatic heterocycles. The van der Waals surface area contributed by atoms with Gasteiger partial charge in [-0.1, -0.05) is 80.3 Å². The zero-order valence-corrected chi connectivity index (χ0v) is 23.2. The molecule has 0 aliphatic carbocycles. The van der Waals surface area contributed by atoms with Crippen molar-refractivity contribution in [3.8, 4) is 0 Å². The lowest BCUT2D eigenvalue weighted by Crippen LogP contribution is -2.46. The van der Waals surface area contributed by atoms with E-state index in [9.17, 15) is 5.53 Å². The van der Waals surface area contributed by atoms with Crippen LogP contribution in [0.1, 0.15) is 64.8 Å². The maximum absolute atomic E-state index is 10.4. The van der Waals surface area contributed by atoms with Crippen LogP contribution < -0.4 is 0 Å². The summed E-state index contributed by atoms with van der Waals surface area (Å²) in [6.45, 7) is 20.7. The number of benzene rings is 2. The summed E-state index contributed by atoms with van der Waals surface area (Å²) in [6.07, 6.45) is 0. The van der Waals surface area contributed by atoms with Gasteiger partial charge in [0.2, 0.25) is 16.3 Å². The molecule has 0 unspecified atom stereocenters. The van der Waals surface area contributed by atoms with Crippen LogP contribution in [0.25, 0.3) is 5.53 Å². The van der Waals surface area contributed by atoms with E-state index in [4.69, 9.17) is 0 Å². The van der Waals surface area contributed by atoms with Crippen molar-refractivity contribution in [2.75, 3.05) is 0 Å². The van der Waals surface area contributed by atoms with Gasteiger partial charge in [0.1, 0.15) is 0 Å². The quantitative estimate of drug-likeness (QED) is 0.156. The minimum atomic E-state index is -1.89. The second-order valence-corrected chi connectivity index (χ2v) is 19.4. The summed E-state index contributed by atoms with van der Waals surface area (Å²) >= 11 is 0. The fourth-order valence-electron chi connectivity index (χ4n) is 4.85. The predicted octanol–water partition coefficient (Wildman–Crippen LogP) is 7.23. The van der Waals surface area contributed by atoms with Crippen LogP contribution in [0.5, 0.6) is 0 Å². The first-order chi connectivity index (χ1) is 14.8. The average molecular weight is 468 g/mol. The molecule has 0 spiro atoms. The summed E-state index contributed by atoms with van der Waals surface area (Å²) in [6, 6.07) is 22.1. The molecule has 0 N–H and O–H groups in total. The lowest BCUT2D eigenvalue weighted by Gasteiger charge is -2.36. The molecule has 1 saturated heterocycles. The lowest BCUT2D eigenvalue weighted by molar-refractivity contribution is 0.00217. The number of hydrogen-bond acceptors (Lipinski definition) is 2. The third-order valence-corrected chi connectivity index (χ3v) is 13.8. The molecule has 2 aromatic rings. The van der Waals surface area contributed by atoms with Gasteiger partial charge in [-0.15, -0.1) is 14.1 Å². The van der Waals surface area contributed by atoms with Crippen molar-refractivity contribution >= 4 is 21.4 Å². The van der Waals surface area contributed by atoms with E-state index in [1.54, 1.807) is 0 Å². The SMILES string of the molecule is CC(C)(C)N1[C@@H](c2ccccc2)[C@H](c2ccccc2)N(C(C)(C)C)[PH+]1C(=[N+]=[N-])[Si](C)(C)C. The van der Waals surface area contributed by atoms with E-state index in [-0.39, 0.29) is 23.2 Å². The van der Waals surface area contributed by atoms with Crippen molar-refractivity contribution < 1.29 is 4.79 Å². The highest BCUT2D eigenvalue weighted by Gasteiger charge is 2.67. The molecule has 2 aromatic carbocycles. The highest BCUT2D eigenvalue weighted by atomic mass is 31.1. The van der Waals surface area contributed by atoms with Gasteiger partial charge in [-0.3, -0.25) is 0 Å². The monoisotopic (exact) mass is 467 g/mol. The van der Waals surface area contributed by atoms with Gasteiger partial charge in [-0.25, -0.2) is 0 Å². The first-order valence-electron chi connectivity index (χ1n) is 11.6. The third-order valence-electron chi connectivity index (χ3n) is 6.06. The predicted molar refractivity (Wildman–Crippen MR) is 142 cm³/mol. The molecule has 172 valence electrons. The third kappa shape index (κ3) is 4.83. The average Bonchev–Trinajstić information content (AvgIpc) is 3.05. The Kier molecular flexibility index (Phi) is 7.01. The summed E-state index contributed by atoms with van der Waals surface area (Å²) < 4.78 is 5.40. The normalized spacial score (nSPS) is 21.5.